The van der Waals surface area contributed by atoms with E-state index in [4.69, 9.17) is 10.2 Å². The summed E-state index contributed by atoms with van der Waals surface area (Å²) in [6, 6.07) is 5.96. The van der Waals surface area contributed by atoms with Crippen molar-refractivity contribution in [2.24, 2.45) is 17.3 Å². The molecule has 6 atom stereocenters. The summed E-state index contributed by atoms with van der Waals surface area (Å²) in [4.78, 5) is 9.45. The van der Waals surface area contributed by atoms with Gasteiger partial charge in [-0.05, 0) is 91.9 Å². The van der Waals surface area contributed by atoms with Crippen LogP contribution in [0.3, 0.4) is 0 Å². The van der Waals surface area contributed by atoms with Gasteiger partial charge < -0.3 is 20.4 Å². The molecule has 2 unspecified atom stereocenters. The van der Waals surface area contributed by atoms with E-state index in [0.29, 0.717) is 17.6 Å². The molecule has 4 N–H and O–H groups in total. The standard InChI is InChI=1S/C18H24O2.C3H6O3/c1-18-9-8-14-13-5-3-12(19)10-11(13)2-4-15(14)16(18)6-7-17(18)20;1-2(4)3(5)6/h3,5,10,14-17,19-20H,2,4,6-9H2,1H3;2,4H,1H3,(H,5,6)/t14-,15-,16+,17?,18+;/m1./s1. The van der Waals surface area contributed by atoms with Gasteiger partial charge in [-0.25, -0.2) is 4.79 Å². The first-order valence-electron chi connectivity index (χ1n) is 9.64. The number of fused-ring (bicyclic) bond motifs is 5. The Kier molecular flexibility index (Phi) is 5.31. The van der Waals surface area contributed by atoms with Gasteiger partial charge in [0.2, 0.25) is 0 Å². The monoisotopic (exact) mass is 362 g/mol. The first kappa shape index (κ1) is 19.2. The quantitative estimate of drug-likeness (QED) is 0.615. The van der Waals surface area contributed by atoms with Gasteiger partial charge in [-0.2, -0.15) is 0 Å². The van der Waals surface area contributed by atoms with Crippen LogP contribution >= 0.6 is 0 Å². The number of benzene rings is 1. The number of hydrogen-bond acceptors (Lipinski definition) is 4. The summed E-state index contributed by atoms with van der Waals surface area (Å²) in [6.45, 7) is 3.51. The molecule has 3 aliphatic rings. The summed E-state index contributed by atoms with van der Waals surface area (Å²) in [5.74, 6) is 1.30. The highest BCUT2D eigenvalue weighted by Crippen LogP contribution is 2.60. The predicted molar refractivity (Wildman–Crippen MR) is 98.0 cm³/mol. The van der Waals surface area contributed by atoms with Gasteiger partial charge in [0, 0.05) is 0 Å². The first-order valence-corrected chi connectivity index (χ1v) is 9.64. The summed E-state index contributed by atoms with van der Waals surface area (Å²) < 4.78 is 0. The van der Waals surface area contributed by atoms with Crippen molar-refractivity contribution in [3.05, 3.63) is 29.3 Å². The third kappa shape index (κ3) is 3.35. The summed E-state index contributed by atoms with van der Waals surface area (Å²) in [7, 11) is 0. The fraction of sp³-hybridized carbons (Fsp3) is 0.667. The molecule has 144 valence electrons. The van der Waals surface area contributed by atoms with E-state index < -0.39 is 12.1 Å². The molecule has 0 bridgehead atoms. The third-order valence-corrected chi connectivity index (χ3v) is 7.02. The maximum absolute atomic E-state index is 10.4. The lowest BCUT2D eigenvalue weighted by Gasteiger charge is -2.50. The molecule has 0 spiro atoms. The van der Waals surface area contributed by atoms with Crippen molar-refractivity contribution in [2.75, 3.05) is 0 Å². The topological polar surface area (TPSA) is 98.0 Å². The second-order valence-corrected chi connectivity index (χ2v) is 8.45. The molecule has 5 nitrogen and oxygen atoms in total. The number of carboxylic acids is 1. The summed E-state index contributed by atoms with van der Waals surface area (Å²) in [5.41, 5.74) is 2.99. The first-order chi connectivity index (χ1) is 12.2. The van der Waals surface area contributed by atoms with Gasteiger partial charge in [0.25, 0.3) is 0 Å². The molecule has 0 radical (unpaired) electrons. The normalized spacial score (nSPS) is 36.0. The van der Waals surface area contributed by atoms with Gasteiger partial charge in [-0.1, -0.05) is 13.0 Å². The summed E-state index contributed by atoms with van der Waals surface area (Å²) in [5, 5.41) is 35.8. The maximum atomic E-state index is 10.4. The Labute approximate surface area is 154 Å². The molecule has 0 heterocycles. The Morgan fingerprint density at radius 1 is 1.23 bits per heavy atom. The minimum absolute atomic E-state index is 0.0883. The Hall–Kier alpha value is -1.59. The number of hydrogen-bond donors (Lipinski definition) is 4. The van der Waals surface area contributed by atoms with Crippen LogP contribution in [0.2, 0.25) is 0 Å². The Bertz CT molecular complexity index is 670. The molecule has 2 saturated carbocycles. The van der Waals surface area contributed by atoms with E-state index in [1.165, 1.54) is 37.3 Å². The van der Waals surface area contributed by atoms with E-state index in [9.17, 15) is 15.0 Å². The van der Waals surface area contributed by atoms with Gasteiger partial charge in [0.1, 0.15) is 11.9 Å². The van der Waals surface area contributed by atoms with Gasteiger partial charge in [-0.15, -0.1) is 0 Å². The Morgan fingerprint density at radius 3 is 2.58 bits per heavy atom. The van der Waals surface area contributed by atoms with E-state index in [1.807, 2.05) is 12.1 Å². The number of carbonyl (C=O) groups is 1. The van der Waals surface area contributed by atoms with Crippen LogP contribution in [0.4, 0.5) is 0 Å². The summed E-state index contributed by atoms with van der Waals surface area (Å²) in [6.07, 6.45) is 5.55. The number of phenolic OH excluding ortho intramolecular Hbond substituents is 1. The molecule has 0 aromatic heterocycles. The molecule has 0 saturated heterocycles. The lowest BCUT2D eigenvalue weighted by molar-refractivity contribution is -0.145. The van der Waals surface area contributed by atoms with E-state index in [0.717, 1.165) is 25.2 Å². The molecule has 5 heteroatoms. The number of aliphatic hydroxyl groups excluding tert-OH is 2. The van der Waals surface area contributed by atoms with Gasteiger partial charge in [0.05, 0.1) is 6.10 Å². The van der Waals surface area contributed by atoms with Crippen LogP contribution in [0, 0.1) is 17.3 Å². The van der Waals surface area contributed by atoms with Crippen molar-refractivity contribution in [1.82, 2.24) is 0 Å². The van der Waals surface area contributed by atoms with Crippen LogP contribution in [0.5, 0.6) is 5.75 Å². The van der Waals surface area contributed by atoms with Crippen LogP contribution in [0.1, 0.15) is 63.0 Å². The molecule has 0 aliphatic heterocycles. The van der Waals surface area contributed by atoms with Crippen LogP contribution in [-0.4, -0.2) is 38.6 Å². The fourth-order valence-corrected chi connectivity index (χ4v) is 5.54. The number of carboxylic acid groups (broad SMARTS) is 1. The smallest absolute Gasteiger partial charge is 0.332 e. The predicted octanol–water partition coefficient (Wildman–Crippen LogP) is 3.06. The number of aliphatic hydroxyl groups is 2. The molecule has 26 heavy (non-hydrogen) atoms. The molecule has 1 aromatic rings. The Balaban J connectivity index is 0.000000286. The van der Waals surface area contributed by atoms with Crippen molar-refractivity contribution in [1.29, 1.82) is 0 Å². The lowest BCUT2D eigenvalue weighted by atomic mass is 9.55. The van der Waals surface area contributed by atoms with Crippen LogP contribution in [-0.2, 0) is 11.2 Å². The maximum Gasteiger partial charge on any atom is 0.332 e. The summed E-state index contributed by atoms with van der Waals surface area (Å²) >= 11 is 0. The number of aromatic hydroxyl groups is 1. The second kappa shape index (κ2) is 7.20. The third-order valence-electron chi connectivity index (χ3n) is 7.02. The molecule has 4 rings (SSSR count). The van der Waals surface area contributed by atoms with Crippen LogP contribution < -0.4 is 0 Å². The number of aryl methyl sites for hydroxylation is 1. The average Bonchev–Trinajstić information content (AvgIpc) is 2.90. The number of rotatable bonds is 1. The van der Waals surface area contributed by atoms with E-state index in [1.54, 1.807) is 0 Å². The Morgan fingerprint density at radius 2 is 1.92 bits per heavy atom. The zero-order valence-electron chi connectivity index (χ0n) is 15.6. The van der Waals surface area contributed by atoms with Crippen LogP contribution in [0.15, 0.2) is 18.2 Å². The molecule has 2 fully saturated rings. The van der Waals surface area contributed by atoms with E-state index in [2.05, 4.69) is 13.0 Å². The largest absolute Gasteiger partial charge is 0.508 e. The highest BCUT2D eigenvalue weighted by atomic mass is 16.4. The van der Waals surface area contributed by atoms with Gasteiger partial charge >= 0.3 is 5.97 Å². The van der Waals surface area contributed by atoms with Crippen molar-refractivity contribution in [3.8, 4) is 5.75 Å². The number of phenols is 1. The SMILES string of the molecule is CC(O)C(=O)O.C[C@]12CC[C@@H]3c4ccc(O)cc4CC[C@H]3[C@@H]1CCC2O. The van der Waals surface area contributed by atoms with E-state index in [-0.39, 0.29) is 11.5 Å². The van der Waals surface area contributed by atoms with Crippen molar-refractivity contribution < 1.29 is 25.2 Å². The van der Waals surface area contributed by atoms with Gasteiger partial charge in [-0.3, -0.25) is 0 Å². The average molecular weight is 362 g/mol. The lowest BCUT2D eigenvalue weighted by Crippen LogP contribution is -2.43. The fourth-order valence-electron chi connectivity index (χ4n) is 5.54. The van der Waals surface area contributed by atoms with Crippen LogP contribution in [0.25, 0.3) is 0 Å². The number of aliphatic carboxylic acids is 1. The highest BCUT2D eigenvalue weighted by molar-refractivity contribution is 5.71. The van der Waals surface area contributed by atoms with E-state index >= 15 is 0 Å². The second-order valence-electron chi connectivity index (χ2n) is 8.45. The zero-order chi connectivity index (χ0) is 19.1. The molecular formula is C21H30O5. The van der Waals surface area contributed by atoms with Gasteiger partial charge in [0.15, 0.2) is 0 Å². The molecule has 0 amide bonds. The van der Waals surface area contributed by atoms with Crippen molar-refractivity contribution >= 4 is 5.97 Å². The molecular weight excluding hydrogens is 332 g/mol. The molecule has 1 aromatic carbocycles. The highest BCUT2D eigenvalue weighted by Gasteiger charge is 2.54. The van der Waals surface area contributed by atoms with Crippen molar-refractivity contribution in [2.45, 2.75) is 70.5 Å². The minimum atomic E-state index is -1.23. The zero-order valence-corrected chi connectivity index (χ0v) is 15.6. The molecule has 3 aliphatic carbocycles. The van der Waals surface area contributed by atoms with Crippen molar-refractivity contribution in [3.63, 3.8) is 0 Å². The minimum Gasteiger partial charge on any atom is -0.508 e.